The van der Waals surface area contributed by atoms with E-state index in [1.807, 2.05) is 0 Å². The minimum absolute atomic E-state index is 0.254. The Morgan fingerprint density at radius 3 is 2.08 bits per heavy atom. The quantitative estimate of drug-likeness (QED) is 0.555. The van der Waals surface area contributed by atoms with Gasteiger partial charge in [0, 0.05) is 0 Å². The minimum atomic E-state index is -3.45. The Hall–Kier alpha value is 0.310. The van der Waals surface area contributed by atoms with Crippen LogP contribution in [-0.4, -0.2) is 42.0 Å². The van der Waals surface area contributed by atoms with Crippen molar-refractivity contribution in [1.82, 2.24) is 4.72 Å². The van der Waals surface area contributed by atoms with Gasteiger partial charge in [-0.1, -0.05) is 15.9 Å². The van der Waals surface area contributed by atoms with Crippen LogP contribution >= 0.6 is 15.9 Å². The van der Waals surface area contributed by atoms with E-state index in [0.717, 1.165) is 0 Å². The molecule has 0 rings (SSSR count). The molecule has 0 aromatic heterocycles. The van der Waals surface area contributed by atoms with Gasteiger partial charge in [-0.2, -0.15) is 0 Å². The predicted octanol–water partition coefficient (Wildman–Crippen LogP) is -0.998. The molecule has 0 heterocycles. The van der Waals surface area contributed by atoms with Gasteiger partial charge in [0.1, 0.15) is 4.66 Å². The summed E-state index contributed by atoms with van der Waals surface area (Å²) in [5.74, 6) is 0. The molecule has 12 heavy (non-hydrogen) atoms. The first-order valence-electron chi connectivity index (χ1n) is 3.18. The van der Waals surface area contributed by atoms with Crippen molar-refractivity contribution in [2.45, 2.75) is 12.5 Å². The van der Waals surface area contributed by atoms with E-state index >= 15 is 0 Å². The van der Waals surface area contributed by atoms with Crippen molar-refractivity contribution < 1.29 is 18.6 Å². The highest BCUT2D eigenvalue weighted by molar-refractivity contribution is 9.10. The van der Waals surface area contributed by atoms with Gasteiger partial charge in [-0.15, -0.1) is 0 Å². The molecule has 7 heteroatoms. The Bertz CT molecular complexity index is 224. The zero-order valence-electron chi connectivity index (χ0n) is 6.62. The molecule has 5 nitrogen and oxygen atoms in total. The molecule has 0 aromatic carbocycles. The Kier molecular flexibility index (Phi) is 4.64. The van der Waals surface area contributed by atoms with Gasteiger partial charge >= 0.3 is 0 Å². The number of sulfonamides is 1. The summed E-state index contributed by atoms with van der Waals surface area (Å²) in [7, 11) is -3.45. The normalized spacial score (nSPS) is 13.3. The molecule has 0 bridgehead atoms. The molecule has 0 aliphatic rings. The second kappa shape index (κ2) is 4.52. The van der Waals surface area contributed by atoms with Gasteiger partial charge in [-0.05, 0) is 6.92 Å². The summed E-state index contributed by atoms with van der Waals surface area (Å²) in [4.78, 5) is 0. The smallest absolute Gasteiger partial charge is 0.222 e. The number of alkyl halides is 1. The summed E-state index contributed by atoms with van der Waals surface area (Å²) in [6, 6.07) is 0. The third-order valence-electron chi connectivity index (χ3n) is 1.24. The van der Waals surface area contributed by atoms with Gasteiger partial charge in [-0.25, -0.2) is 13.1 Å². The number of aliphatic hydroxyl groups excluding tert-OH is 2. The first-order chi connectivity index (χ1) is 5.39. The molecule has 0 atom stereocenters. The molecule has 0 unspecified atom stereocenters. The number of rotatable bonds is 5. The predicted molar refractivity (Wildman–Crippen MR) is 48.4 cm³/mol. The summed E-state index contributed by atoms with van der Waals surface area (Å²) in [5, 5.41) is 17.5. The molecule has 0 spiro atoms. The molecule has 0 aliphatic heterocycles. The number of nitrogens with one attached hydrogen (secondary N) is 1. The first kappa shape index (κ1) is 12.3. The van der Waals surface area contributed by atoms with E-state index < -0.39 is 28.8 Å². The highest BCUT2D eigenvalue weighted by atomic mass is 79.9. The van der Waals surface area contributed by atoms with E-state index in [0.29, 0.717) is 0 Å². The number of aliphatic hydroxyl groups is 2. The average Bonchev–Trinajstić information content (AvgIpc) is 2.04. The Balaban J connectivity index is 4.42. The molecule has 0 radical (unpaired) electrons. The zero-order chi connectivity index (χ0) is 9.83. The monoisotopic (exact) mass is 261 g/mol. The van der Waals surface area contributed by atoms with Crippen LogP contribution in [0.1, 0.15) is 6.92 Å². The molecule has 0 aliphatic carbocycles. The van der Waals surface area contributed by atoms with E-state index in [1.165, 1.54) is 6.92 Å². The van der Waals surface area contributed by atoms with Crippen molar-refractivity contribution in [3.8, 4) is 0 Å². The summed E-state index contributed by atoms with van der Waals surface area (Å²) >= 11 is 2.77. The van der Waals surface area contributed by atoms with Crippen LogP contribution in [0.15, 0.2) is 0 Å². The largest absolute Gasteiger partial charge is 0.394 e. The van der Waals surface area contributed by atoms with Crippen molar-refractivity contribution in [2.75, 3.05) is 17.9 Å². The van der Waals surface area contributed by atoms with E-state index in [2.05, 4.69) is 20.7 Å². The van der Waals surface area contributed by atoms with Crippen LogP contribution in [-0.2, 0) is 10.0 Å². The lowest BCUT2D eigenvalue weighted by Crippen LogP contribution is -2.51. The van der Waals surface area contributed by atoms with Gasteiger partial charge in [0.15, 0.2) is 0 Å². The van der Waals surface area contributed by atoms with Crippen LogP contribution < -0.4 is 4.72 Å². The van der Waals surface area contributed by atoms with Crippen LogP contribution in [0.4, 0.5) is 0 Å². The summed E-state index contributed by atoms with van der Waals surface area (Å²) in [6.07, 6.45) is 0. The molecular weight excluding hydrogens is 250 g/mol. The molecule has 0 amide bonds. The van der Waals surface area contributed by atoms with Crippen molar-refractivity contribution in [1.29, 1.82) is 0 Å². The molecule has 0 saturated carbocycles. The van der Waals surface area contributed by atoms with Crippen molar-refractivity contribution in [3.05, 3.63) is 0 Å². The lowest BCUT2D eigenvalue weighted by molar-refractivity contribution is 0.122. The molecule has 74 valence electrons. The van der Waals surface area contributed by atoms with Crippen molar-refractivity contribution >= 4 is 26.0 Å². The van der Waals surface area contributed by atoms with Gasteiger partial charge in [0.2, 0.25) is 10.0 Å². The summed E-state index contributed by atoms with van der Waals surface area (Å²) in [6.45, 7) is 0.513. The third-order valence-corrected chi connectivity index (χ3v) is 4.14. The van der Waals surface area contributed by atoms with Crippen LogP contribution in [0.2, 0.25) is 0 Å². The molecular formula is C5H12BrNO4S. The maximum Gasteiger partial charge on any atom is 0.222 e. The van der Waals surface area contributed by atoms with Crippen LogP contribution in [0.3, 0.4) is 0 Å². The lowest BCUT2D eigenvalue weighted by atomic mass is 10.1. The third kappa shape index (κ3) is 3.81. The van der Waals surface area contributed by atoms with Crippen LogP contribution in [0.5, 0.6) is 0 Å². The van der Waals surface area contributed by atoms with Crippen molar-refractivity contribution in [3.63, 3.8) is 0 Å². The fraction of sp³-hybridized carbons (Fsp3) is 1.00. The Labute approximate surface area is 80.0 Å². The maximum absolute atomic E-state index is 11.0. The standard InChI is InChI=1S/C5H12BrNO4S/c1-5(2-8,3-9)7-12(10,11)4-6/h7-9H,2-4H2,1H3. The second-order valence-electron chi connectivity index (χ2n) is 2.70. The number of hydrogen-bond donors (Lipinski definition) is 3. The molecule has 0 fully saturated rings. The number of halogens is 1. The number of hydrogen-bond acceptors (Lipinski definition) is 4. The first-order valence-corrected chi connectivity index (χ1v) is 5.96. The highest BCUT2D eigenvalue weighted by Gasteiger charge is 2.27. The summed E-state index contributed by atoms with van der Waals surface area (Å²) in [5.41, 5.74) is -1.19. The van der Waals surface area contributed by atoms with Gasteiger partial charge in [-0.3, -0.25) is 0 Å². The molecule has 3 N–H and O–H groups in total. The zero-order valence-corrected chi connectivity index (χ0v) is 9.02. The van der Waals surface area contributed by atoms with Crippen LogP contribution in [0, 0.1) is 0 Å². The Morgan fingerprint density at radius 2 is 1.83 bits per heavy atom. The van der Waals surface area contributed by atoms with E-state index in [1.54, 1.807) is 0 Å². The SMILES string of the molecule is CC(CO)(CO)NS(=O)(=O)CBr. The van der Waals surface area contributed by atoms with Crippen LogP contribution in [0.25, 0.3) is 0 Å². The van der Waals surface area contributed by atoms with E-state index in [4.69, 9.17) is 10.2 Å². The molecule has 0 saturated heterocycles. The Morgan fingerprint density at radius 1 is 1.42 bits per heavy atom. The fourth-order valence-electron chi connectivity index (χ4n) is 0.517. The average molecular weight is 262 g/mol. The van der Waals surface area contributed by atoms with E-state index in [9.17, 15) is 8.42 Å². The van der Waals surface area contributed by atoms with Gasteiger partial charge < -0.3 is 10.2 Å². The van der Waals surface area contributed by atoms with Gasteiger partial charge in [0.25, 0.3) is 0 Å². The lowest BCUT2D eigenvalue weighted by Gasteiger charge is -2.24. The maximum atomic E-state index is 11.0. The minimum Gasteiger partial charge on any atom is -0.394 e. The summed E-state index contributed by atoms with van der Waals surface area (Å²) < 4.78 is 23.8. The van der Waals surface area contributed by atoms with E-state index in [-0.39, 0.29) is 4.66 Å². The topological polar surface area (TPSA) is 86.6 Å². The second-order valence-corrected chi connectivity index (χ2v) is 5.73. The molecule has 0 aromatic rings. The van der Waals surface area contributed by atoms with Gasteiger partial charge in [0.05, 0.1) is 18.8 Å². The van der Waals surface area contributed by atoms with Crippen molar-refractivity contribution in [2.24, 2.45) is 0 Å². The highest BCUT2D eigenvalue weighted by Crippen LogP contribution is 2.04. The fourth-order valence-corrected chi connectivity index (χ4v) is 1.80.